The molecule has 176 valence electrons. The summed E-state index contributed by atoms with van der Waals surface area (Å²) in [6, 6.07) is 19.9. The summed E-state index contributed by atoms with van der Waals surface area (Å²) in [4.78, 5) is 29.3. The minimum Gasteiger partial charge on any atom is -0.484 e. The molecule has 8 heteroatoms. The van der Waals surface area contributed by atoms with Crippen LogP contribution in [0, 0.1) is 6.92 Å². The molecule has 34 heavy (non-hydrogen) atoms. The number of piperazine rings is 1. The van der Waals surface area contributed by atoms with E-state index in [9.17, 15) is 9.59 Å². The van der Waals surface area contributed by atoms with Gasteiger partial charge in [-0.2, -0.15) is 0 Å². The van der Waals surface area contributed by atoms with Gasteiger partial charge in [0.2, 0.25) is 0 Å². The molecule has 3 aromatic rings. The van der Waals surface area contributed by atoms with Crippen LogP contribution in [0.2, 0.25) is 10.0 Å². The van der Waals surface area contributed by atoms with Gasteiger partial charge in [0, 0.05) is 41.8 Å². The second-order valence-corrected chi connectivity index (χ2v) is 8.89. The number of nitrogens with one attached hydrogen (secondary N) is 1. The maximum atomic E-state index is 12.8. The largest absolute Gasteiger partial charge is 0.484 e. The first kappa shape index (κ1) is 23.9. The molecule has 0 bridgehead atoms. The third kappa shape index (κ3) is 5.82. The Balaban J connectivity index is 1.35. The van der Waals surface area contributed by atoms with Crippen LogP contribution in [0.3, 0.4) is 0 Å². The summed E-state index contributed by atoms with van der Waals surface area (Å²) in [5.74, 6) is 0.330. The minimum atomic E-state index is -0.253. The Morgan fingerprint density at radius 2 is 1.65 bits per heavy atom. The highest BCUT2D eigenvalue weighted by molar-refractivity contribution is 6.31. The van der Waals surface area contributed by atoms with Gasteiger partial charge in [-0.15, -0.1) is 0 Å². The van der Waals surface area contributed by atoms with Gasteiger partial charge in [0.1, 0.15) is 5.75 Å². The number of aryl methyl sites for hydroxylation is 1. The summed E-state index contributed by atoms with van der Waals surface area (Å²) in [5, 5.41) is 4.20. The predicted octanol–water partition coefficient (Wildman–Crippen LogP) is 5.28. The zero-order valence-corrected chi connectivity index (χ0v) is 20.3. The van der Waals surface area contributed by atoms with Crippen molar-refractivity contribution in [3.63, 3.8) is 0 Å². The molecular formula is C26H25Cl2N3O3. The van der Waals surface area contributed by atoms with Gasteiger partial charge >= 0.3 is 0 Å². The monoisotopic (exact) mass is 497 g/mol. The maximum absolute atomic E-state index is 12.8. The fourth-order valence-corrected chi connectivity index (χ4v) is 4.07. The molecule has 0 spiro atoms. The number of hydrogen-bond acceptors (Lipinski definition) is 4. The zero-order valence-electron chi connectivity index (χ0n) is 18.8. The first-order chi connectivity index (χ1) is 16.4. The summed E-state index contributed by atoms with van der Waals surface area (Å²) in [6.45, 7) is 4.26. The van der Waals surface area contributed by atoms with E-state index < -0.39 is 0 Å². The SMILES string of the molecule is Cc1cc(OCC(=O)Nc2ccccc2N2CCN(C(=O)c3ccc(Cl)cc3)CC2)ccc1Cl. The van der Waals surface area contributed by atoms with Crippen LogP contribution in [0.25, 0.3) is 0 Å². The number of anilines is 2. The fraction of sp³-hybridized carbons (Fsp3) is 0.231. The summed E-state index contributed by atoms with van der Waals surface area (Å²) in [5.41, 5.74) is 3.14. The van der Waals surface area contributed by atoms with Crippen molar-refractivity contribution in [1.29, 1.82) is 0 Å². The van der Waals surface area contributed by atoms with Gasteiger partial charge in [0.25, 0.3) is 11.8 Å². The number of ether oxygens (including phenoxy) is 1. The van der Waals surface area contributed by atoms with Gasteiger partial charge in [-0.25, -0.2) is 0 Å². The van der Waals surface area contributed by atoms with Gasteiger partial charge in [0.05, 0.1) is 11.4 Å². The van der Waals surface area contributed by atoms with Crippen molar-refractivity contribution in [2.75, 3.05) is 43.0 Å². The average molecular weight is 498 g/mol. The van der Waals surface area contributed by atoms with E-state index in [1.165, 1.54) is 0 Å². The van der Waals surface area contributed by atoms with Crippen LogP contribution >= 0.6 is 23.2 Å². The molecule has 3 aromatic carbocycles. The van der Waals surface area contributed by atoms with Crippen LogP contribution in [0.1, 0.15) is 15.9 Å². The van der Waals surface area contributed by atoms with Crippen molar-refractivity contribution in [2.24, 2.45) is 0 Å². The van der Waals surface area contributed by atoms with E-state index >= 15 is 0 Å². The smallest absolute Gasteiger partial charge is 0.262 e. The Hall–Kier alpha value is -3.22. The first-order valence-electron chi connectivity index (χ1n) is 11.0. The Morgan fingerprint density at radius 1 is 0.941 bits per heavy atom. The molecule has 6 nitrogen and oxygen atoms in total. The van der Waals surface area contributed by atoms with Crippen LogP contribution in [-0.2, 0) is 4.79 Å². The third-order valence-electron chi connectivity index (χ3n) is 5.68. The predicted molar refractivity (Wildman–Crippen MR) is 136 cm³/mol. The Bertz CT molecular complexity index is 1180. The highest BCUT2D eigenvalue weighted by Crippen LogP contribution is 2.27. The molecule has 1 fully saturated rings. The molecule has 2 amide bonds. The van der Waals surface area contributed by atoms with Crippen molar-refractivity contribution in [2.45, 2.75) is 6.92 Å². The highest BCUT2D eigenvalue weighted by atomic mass is 35.5. The molecule has 0 aromatic heterocycles. The van der Waals surface area contributed by atoms with Crippen molar-refractivity contribution in [3.8, 4) is 5.75 Å². The summed E-state index contributed by atoms with van der Waals surface area (Å²) in [6.07, 6.45) is 0. The first-order valence-corrected chi connectivity index (χ1v) is 11.7. The van der Waals surface area contributed by atoms with Crippen molar-refractivity contribution in [1.82, 2.24) is 4.90 Å². The molecule has 1 aliphatic heterocycles. The van der Waals surface area contributed by atoms with E-state index in [1.807, 2.05) is 36.1 Å². The standard InChI is InChI=1S/C26H25Cl2N3O3/c1-18-16-21(10-11-22(18)28)34-17-25(32)29-23-4-2-3-5-24(23)30-12-14-31(15-13-30)26(33)19-6-8-20(27)9-7-19/h2-11,16H,12-15,17H2,1H3,(H,29,32). The average Bonchev–Trinajstić information content (AvgIpc) is 2.85. The fourth-order valence-electron chi connectivity index (χ4n) is 3.82. The van der Waals surface area contributed by atoms with Crippen LogP contribution in [0.5, 0.6) is 5.75 Å². The molecule has 1 aliphatic rings. The zero-order chi connectivity index (χ0) is 24.1. The van der Waals surface area contributed by atoms with E-state index in [0.717, 1.165) is 11.3 Å². The molecular weight excluding hydrogens is 473 g/mol. The highest BCUT2D eigenvalue weighted by Gasteiger charge is 2.23. The van der Waals surface area contributed by atoms with Crippen LogP contribution in [0.4, 0.5) is 11.4 Å². The molecule has 0 radical (unpaired) electrons. The van der Waals surface area contributed by atoms with Crippen LogP contribution in [0.15, 0.2) is 66.7 Å². The molecule has 0 atom stereocenters. The van der Waals surface area contributed by atoms with E-state index in [1.54, 1.807) is 42.5 Å². The number of hydrogen-bond donors (Lipinski definition) is 1. The Labute approximate surface area is 209 Å². The molecule has 1 heterocycles. The number of halogens is 2. The second-order valence-electron chi connectivity index (χ2n) is 8.05. The van der Waals surface area contributed by atoms with Gasteiger partial charge in [-0.3, -0.25) is 9.59 Å². The number of amides is 2. The number of para-hydroxylation sites is 2. The van der Waals surface area contributed by atoms with E-state index in [0.29, 0.717) is 53.2 Å². The van der Waals surface area contributed by atoms with E-state index in [2.05, 4.69) is 10.2 Å². The number of nitrogens with zero attached hydrogens (tertiary/aromatic N) is 2. The molecule has 0 unspecified atom stereocenters. The van der Waals surface area contributed by atoms with Crippen molar-refractivity contribution < 1.29 is 14.3 Å². The van der Waals surface area contributed by atoms with Crippen LogP contribution < -0.4 is 15.0 Å². The summed E-state index contributed by atoms with van der Waals surface area (Å²) >= 11 is 12.0. The number of carbonyl (C=O) groups is 2. The number of rotatable bonds is 6. The second kappa shape index (κ2) is 10.8. The van der Waals surface area contributed by atoms with Crippen molar-refractivity contribution >= 4 is 46.4 Å². The van der Waals surface area contributed by atoms with Gasteiger partial charge in [0.15, 0.2) is 6.61 Å². The van der Waals surface area contributed by atoms with Gasteiger partial charge < -0.3 is 19.9 Å². The molecule has 0 saturated carbocycles. The van der Waals surface area contributed by atoms with Gasteiger partial charge in [-0.05, 0) is 67.1 Å². The Kier molecular flexibility index (Phi) is 7.60. The van der Waals surface area contributed by atoms with E-state index in [-0.39, 0.29) is 18.4 Å². The molecule has 1 N–H and O–H groups in total. The van der Waals surface area contributed by atoms with Crippen molar-refractivity contribution in [3.05, 3.63) is 87.9 Å². The number of carbonyl (C=O) groups excluding carboxylic acids is 2. The summed E-state index contributed by atoms with van der Waals surface area (Å²) in [7, 11) is 0. The maximum Gasteiger partial charge on any atom is 0.262 e. The molecule has 0 aliphatic carbocycles. The lowest BCUT2D eigenvalue weighted by molar-refractivity contribution is -0.118. The lowest BCUT2D eigenvalue weighted by Gasteiger charge is -2.37. The lowest BCUT2D eigenvalue weighted by Crippen LogP contribution is -2.49. The van der Waals surface area contributed by atoms with E-state index in [4.69, 9.17) is 27.9 Å². The molecule has 1 saturated heterocycles. The van der Waals surface area contributed by atoms with Gasteiger partial charge in [-0.1, -0.05) is 35.3 Å². The third-order valence-corrected chi connectivity index (χ3v) is 6.35. The molecule has 4 rings (SSSR count). The summed E-state index contributed by atoms with van der Waals surface area (Å²) < 4.78 is 5.61. The minimum absolute atomic E-state index is 0.00695. The van der Waals surface area contributed by atoms with Crippen LogP contribution in [-0.4, -0.2) is 49.5 Å². The number of benzene rings is 3. The Morgan fingerprint density at radius 3 is 2.35 bits per heavy atom. The quantitative estimate of drug-likeness (QED) is 0.503. The topological polar surface area (TPSA) is 61.9 Å². The lowest BCUT2D eigenvalue weighted by atomic mass is 10.1. The normalized spacial score (nSPS) is 13.5.